The summed E-state index contributed by atoms with van der Waals surface area (Å²) in [5.41, 5.74) is 0. The smallest absolute Gasteiger partial charge is 0.221 e. The van der Waals surface area contributed by atoms with Gasteiger partial charge in [-0.1, -0.05) is 6.92 Å². The molecule has 1 saturated heterocycles. The molecule has 1 fully saturated rings. The zero-order valence-corrected chi connectivity index (χ0v) is 11.2. The van der Waals surface area contributed by atoms with E-state index in [9.17, 15) is 4.79 Å². The molecule has 94 valence electrons. The molecule has 1 unspecified atom stereocenters. The van der Waals surface area contributed by atoms with Crippen molar-refractivity contribution in [3.63, 3.8) is 0 Å². The van der Waals surface area contributed by atoms with Gasteiger partial charge in [-0.3, -0.25) is 4.79 Å². The summed E-state index contributed by atoms with van der Waals surface area (Å²) < 4.78 is 0. The number of thioether (sulfide) groups is 1. The fourth-order valence-corrected chi connectivity index (χ4v) is 3.18. The van der Waals surface area contributed by atoms with Gasteiger partial charge < -0.3 is 10.6 Å². The van der Waals surface area contributed by atoms with Gasteiger partial charge in [-0.05, 0) is 43.7 Å². The Bertz CT molecular complexity index is 205. The average molecular weight is 244 g/mol. The van der Waals surface area contributed by atoms with Crippen LogP contribution in [0.3, 0.4) is 0 Å². The third-order valence-corrected chi connectivity index (χ3v) is 4.02. The Balaban J connectivity index is 2.09. The van der Waals surface area contributed by atoms with Gasteiger partial charge in [0.15, 0.2) is 0 Å². The molecule has 1 atom stereocenters. The first-order valence-corrected chi connectivity index (χ1v) is 7.45. The van der Waals surface area contributed by atoms with E-state index in [0.29, 0.717) is 12.3 Å². The predicted molar refractivity (Wildman–Crippen MR) is 70.8 cm³/mol. The van der Waals surface area contributed by atoms with Crippen LogP contribution in [-0.2, 0) is 4.79 Å². The van der Waals surface area contributed by atoms with Crippen LogP contribution >= 0.6 is 11.8 Å². The quantitative estimate of drug-likeness (QED) is 0.746. The van der Waals surface area contributed by atoms with E-state index in [0.717, 1.165) is 13.1 Å². The van der Waals surface area contributed by atoms with Crippen LogP contribution in [0.15, 0.2) is 0 Å². The van der Waals surface area contributed by atoms with Crippen molar-refractivity contribution >= 4 is 17.7 Å². The molecule has 0 aromatic carbocycles. The van der Waals surface area contributed by atoms with Gasteiger partial charge >= 0.3 is 0 Å². The maximum absolute atomic E-state index is 11.6. The highest BCUT2D eigenvalue weighted by Gasteiger charge is 2.15. The summed E-state index contributed by atoms with van der Waals surface area (Å²) in [6, 6.07) is 0.284. The van der Waals surface area contributed by atoms with E-state index < -0.39 is 0 Å². The van der Waals surface area contributed by atoms with Crippen LogP contribution in [0, 0.1) is 5.92 Å². The van der Waals surface area contributed by atoms with Gasteiger partial charge in [0.2, 0.25) is 5.91 Å². The van der Waals surface area contributed by atoms with E-state index in [2.05, 4.69) is 24.5 Å². The molecular formula is C12H24N2OS. The monoisotopic (exact) mass is 244 g/mol. The van der Waals surface area contributed by atoms with E-state index in [4.69, 9.17) is 0 Å². The highest BCUT2D eigenvalue weighted by atomic mass is 32.2. The molecule has 0 aliphatic carbocycles. The topological polar surface area (TPSA) is 41.1 Å². The third kappa shape index (κ3) is 5.75. The van der Waals surface area contributed by atoms with Gasteiger partial charge in [0.25, 0.3) is 0 Å². The lowest BCUT2D eigenvalue weighted by Gasteiger charge is -2.22. The third-order valence-electron chi connectivity index (χ3n) is 2.97. The van der Waals surface area contributed by atoms with Gasteiger partial charge in [0.05, 0.1) is 0 Å². The molecule has 1 amide bonds. The summed E-state index contributed by atoms with van der Waals surface area (Å²) in [5, 5.41) is 6.30. The van der Waals surface area contributed by atoms with Crippen molar-refractivity contribution < 1.29 is 4.79 Å². The number of carbonyl (C=O) groups excluding carboxylic acids is 1. The van der Waals surface area contributed by atoms with Crippen molar-refractivity contribution in [1.82, 2.24) is 10.6 Å². The van der Waals surface area contributed by atoms with Crippen molar-refractivity contribution in [1.29, 1.82) is 0 Å². The molecular weight excluding hydrogens is 220 g/mol. The molecule has 3 nitrogen and oxygen atoms in total. The van der Waals surface area contributed by atoms with E-state index >= 15 is 0 Å². The lowest BCUT2D eigenvalue weighted by Crippen LogP contribution is -2.36. The highest BCUT2D eigenvalue weighted by molar-refractivity contribution is 7.99. The molecule has 4 heteroatoms. The molecule has 1 aliphatic heterocycles. The first kappa shape index (κ1) is 13.8. The van der Waals surface area contributed by atoms with Crippen molar-refractivity contribution in [2.24, 2.45) is 5.92 Å². The van der Waals surface area contributed by atoms with Crippen LogP contribution in [0.2, 0.25) is 0 Å². The number of rotatable bonds is 6. The predicted octanol–water partition coefficient (Wildman–Crippen LogP) is 1.63. The van der Waals surface area contributed by atoms with Crippen LogP contribution in [-0.4, -0.2) is 36.5 Å². The fraction of sp³-hybridized carbons (Fsp3) is 0.917. The minimum Gasteiger partial charge on any atom is -0.356 e. The number of amides is 1. The van der Waals surface area contributed by atoms with Crippen LogP contribution in [0.5, 0.6) is 0 Å². The molecule has 0 radical (unpaired) electrons. The largest absolute Gasteiger partial charge is 0.356 e. The molecule has 1 rings (SSSR count). The van der Waals surface area contributed by atoms with Crippen LogP contribution in [0.1, 0.15) is 33.1 Å². The SMILES string of the molecule is CCNC(C)CC(=O)NCC1CCSCC1. The molecule has 16 heavy (non-hydrogen) atoms. The molecule has 2 N–H and O–H groups in total. The van der Waals surface area contributed by atoms with Gasteiger partial charge in [0.1, 0.15) is 0 Å². The lowest BCUT2D eigenvalue weighted by molar-refractivity contribution is -0.121. The minimum atomic E-state index is 0.187. The Morgan fingerprint density at radius 2 is 2.12 bits per heavy atom. The van der Waals surface area contributed by atoms with Gasteiger partial charge in [-0.2, -0.15) is 11.8 Å². The van der Waals surface area contributed by atoms with Crippen molar-refractivity contribution in [3.05, 3.63) is 0 Å². The van der Waals surface area contributed by atoms with E-state index in [1.807, 2.05) is 11.8 Å². The molecule has 0 bridgehead atoms. The fourth-order valence-electron chi connectivity index (χ4n) is 1.98. The maximum atomic E-state index is 11.6. The first-order valence-electron chi connectivity index (χ1n) is 6.30. The number of nitrogens with one attached hydrogen (secondary N) is 2. The highest BCUT2D eigenvalue weighted by Crippen LogP contribution is 2.21. The molecule has 1 aliphatic rings. The minimum absolute atomic E-state index is 0.187. The summed E-state index contributed by atoms with van der Waals surface area (Å²) in [6.45, 7) is 5.92. The van der Waals surface area contributed by atoms with Crippen LogP contribution < -0.4 is 10.6 Å². The lowest BCUT2D eigenvalue weighted by atomic mass is 10.0. The standard InChI is InChI=1S/C12H24N2OS/c1-3-13-10(2)8-12(15)14-9-11-4-6-16-7-5-11/h10-11,13H,3-9H2,1-2H3,(H,14,15). The molecule has 1 heterocycles. The second-order valence-electron chi connectivity index (χ2n) is 4.52. The second kappa shape index (κ2) is 7.96. The molecule has 0 saturated carbocycles. The zero-order chi connectivity index (χ0) is 11.8. The molecule has 0 aromatic rings. The number of carbonyl (C=O) groups is 1. The normalized spacial score (nSPS) is 19.4. The van der Waals surface area contributed by atoms with Gasteiger partial charge in [-0.15, -0.1) is 0 Å². The van der Waals surface area contributed by atoms with Crippen LogP contribution in [0.4, 0.5) is 0 Å². The Morgan fingerprint density at radius 1 is 1.44 bits per heavy atom. The van der Waals surface area contributed by atoms with Gasteiger partial charge in [-0.25, -0.2) is 0 Å². The number of hydrogen-bond donors (Lipinski definition) is 2. The second-order valence-corrected chi connectivity index (χ2v) is 5.75. The van der Waals surface area contributed by atoms with Crippen molar-refractivity contribution in [2.45, 2.75) is 39.2 Å². The van der Waals surface area contributed by atoms with Gasteiger partial charge in [0, 0.05) is 19.0 Å². The summed E-state index contributed by atoms with van der Waals surface area (Å²) in [5.74, 6) is 3.41. The average Bonchev–Trinajstić information content (AvgIpc) is 2.28. The van der Waals surface area contributed by atoms with Crippen molar-refractivity contribution in [3.8, 4) is 0 Å². The number of hydrogen-bond acceptors (Lipinski definition) is 3. The zero-order valence-electron chi connectivity index (χ0n) is 10.4. The summed E-state index contributed by atoms with van der Waals surface area (Å²) >= 11 is 2.03. The van der Waals surface area contributed by atoms with Crippen molar-refractivity contribution in [2.75, 3.05) is 24.6 Å². The summed E-state index contributed by atoms with van der Waals surface area (Å²) in [4.78, 5) is 11.6. The summed E-state index contributed by atoms with van der Waals surface area (Å²) in [7, 11) is 0. The molecule has 0 aromatic heterocycles. The Kier molecular flexibility index (Phi) is 6.88. The first-order chi connectivity index (χ1) is 7.72. The van der Waals surface area contributed by atoms with Crippen LogP contribution in [0.25, 0.3) is 0 Å². The summed E-state index contributed by atoms with van der Waals surface area (Å²) in [6.07, 6.45) is 3.11. The van der Waals surface area contributed by atoms with E-state index in [1.165, 1.54) is 24.3 Å². The Hall–Kier alpha value is -0.220. The maximum Gasteiger partial charge on any atom is 0.221 e. The van der Waals surface area contributed by atoms with E-state index in [1.54, 1.807) is 0 Å². The molecule has 0 spiro atoms. The Labute approximate surface area is 103 Å². The Morgan fingerprint density at radius 3 is 2.75 bits per heavy atom. The van der Waals surface area contributed by atoms with E-state index in [-0.39, 0.29) is 11.9 Å².